The van der Waals surface area contributed by atoms with Gasteiger partial charge in [-0.25, -0.2) is 0 Å². The van der Waals surface area contributed by atoms with Crippen LogP contribution in [0, 0.1) is 17.8 Å². The van der Waals surface area contributed by atoms with Crippen molar-refractivity contribution in [1.82, 2.24) is 10.6 Å². The van der Waals surface area contributed by atoms with Crippen LogP contribution in [0.1, 0.15) is 41.5 Å². The first-order valence-electron chi connectivity index (χ1n) is 6.39. The van der Waals surface area contributed by atoms with E-state index in [0.29, 0.717) is 6.04 Å². The van der Waals surface area contributed by atoms with E-state index in [1.54, 1.807) is 0 Å². The van der Waals surface area contributed by atoms with Crippen LogP contribution in [0.2, 0.25) is 0 Å². The maximum atomic E-state index is 3.54. The zero-order valence-electron chi connectivity index (χ0n) is 11.4. The van der Waals surface area contributed by atoms with Gasteiger partial charge >= 0.3 is 0 Å². The third kappa shape index (κ3) is 7.80. The molecule has 0 rings (SSSR count). The molecule has 0 saturated heterocycles. The molecule has 0 radical (unpaired) electrons. The standard InChI is InChI=1S/C13H30N2/c1-10(2)13(11(3)4)9-14-7-8-15-12(5)6/h10-15H,7-9H2,1-6H3. The van der Waals surface area contributed by atoms with E-state index in [4.69, 9.17) is 0 Å². The third-order valence-corrected chi connectivity index (χ3v) is 2.95. The fraction of sp³-hybridized carbons (Fsp3) is 1.00. The highest BCUT2D eigenvalue weighted by Gasteiger charge is 2.16. The van der Waals surface area contributed by atoms with Crippen molar-refractivity contribution in [3.8, 4) is 0 Å². The normalized spacial score (nSPS) is 12.4. The van der Waals surface area contributed by atoms with Crippen molar-refractivity contribution in [3.05, 3.63) is 0 Å². The van der Waals surface area contributed by atoms with E-state index in [0.717, 1.165) is 37.4 Å². The molecule has 0 aromatic heterocycles. The summed E-state index contributed by atoms with van der Waals surface area (Å²) in [6, 6.07) is 0.595. The molecule has 0 amide bonds. The molecule has 0 aliphatic carbocycles. The fourth-order valence-corrected chi connectivity index (χ4v) is 1.96. The minimum absolute atomic E-state index is 0.595. The van der Waals surface area contributed by atoms with Gasteiger partial charge in [0.1, 0.15) is 0 Å². The molecule has 0 unspecified atom stereocenters. The van der Waals surface area contributed by atoms with Crippen molar-refractivity contribution in [3.63, 3.8) is 0 Å². The van der Waals surface area contributed by atoms with Gasteiger partial charge in [0, 0.05) is 19.1 Å². The predicted molar refractivity (Wildman–Crippen MR) is 69.2 cm³/mol. The number of rotatable bonds is 8. The van der Waals surface area contributed by atoms with Crippen LogP contribution < -0.4 is 10.6 Å². The maximum absolute atomic E-state index is 3.54. The predicted octanol–water partition coefficient (Wildman–Crippen LogP) is 2.50. The van der Waals surface area contributed by atoms with Gasteiger partial charge in [-0.15, -0.1) is 0 Å². The molecular weight excluding hydrogens is 184 g/mol. The lowest BCUT2D eigenvalue weighted by Crippen LogP contribution is -2.36. The van der Waals surface area contributed by atoms with Gasteiger partial charge < -0.3 is 10.6 Å². The second kappa shape index (κ2) is 8.12. The molecule has 0 saturated carbocycles. The van der Waals surface area contributed by atoms with Gasteiger partial charge in [0.25, 0.3) is 0 Å². The maximum Gasteiger partial charge on any atom is 0.00790 e. The minimum Gasteiger partial charge on any atom is -0.315 e. The molecule has 0 atom stereocenters. The van der Waals surface area contributed by atoms with E-state index in [1.807, 2.05) is 0 Å². The lowest BCUT2D eigenvalue weighted by molar-refractivity contribution is 0.276. The van der Waals surface area contributed by atoms with E-state index in [1.165, 1.54) is 0 Å². The Labute approximate surface area is 96.2 Å². The molecule has 0 aliphatic rings. The van der Waals surface area contributed by atoms with Crippen LogP contribution in [0.25, 0.3) is 0 Å². The first-order valence-corrected chi connectivity index (χ1v) is 6.39. The van der Waals surface area contributed by atoms with Crippen molar-refractivity contribution in [2.45, 2.75) is 47.6 Å². The topological polar surface area (TPSA) is 24.1 Å². The van der Waals surface area contributed by atoms with Gasteiger partial charge in [-0.1, -0.05) is 41.5 Å². The molecule has 15 heavy (non-hydrogen) atoms. The monoisotopic (exact) mass is 214 g/mol. The smallest absolute Gasteiger partial charge is 0.00790 e. The fourth-order valence-electron chi connectivity index (χ4n) is 1.96. The van der Waals surface area contributed by atoms with Crippen molar-refractivity contribution in [2.24, 2.45) is 17.8 Å². The lowest BCUT2D eigenvalue weighted by Gasteiger charge is -2.25. The van der Waals surface area contributed by atoms with Gasteiger partial charge in [0.2, 0.25) is 0 Å². The summed E-state index contributed by atoms with van der Waals surface area (Å²) in [5.74, 6) is 2.34. The molecule has 2 N–H and O–H groups in total. The van der Waals surface area contributed by atoms with Crippen molar-refractivity contribution in [1.29, 1.82) is 0 Å². The summed E-state index contributed by atoms with van der Waals surface area (Å²) >= 11 is 0. The summed E-state index contributed by atoms with van der Waals surface area (Å²) in [7, 11) is 0. The molecule has 0 spiro atoms. The van der Waals surface area contributed by atoms with Gasteiger partial charge in [-0.2, -0.15) is 0 Å². The first-order chi connectivity index (χ1) is 6.95. The summed E-state index contributed by atoms with van der Waals surface area (Å²) in [6.07, 6.45) is 0. The molecule has 2 nitrogen and oxygen atoms in total. The molecule has 0 heterocycles. The minimum atomic E-state index is 0.595. The van der Waals surface area contributed by atoms with Gasteiger partial charge in [-0.05, 0) is 24.3 Å². The lowest BCUT2D eigenvalue weighted by atomic mass is 9.85. The second-order valence-electron chi connectivity index (χ2n) is 5.46. The average Bonchev–Trinajstić information content (AvgIpc) is 2.08. The van der Waals surface area contributed by atoms with E-state index in [-0.39, 0.29) is 0 Å². The molecule has 0 aliphatic heterocycles. The Morgan fingerprint density at radius 2 is 1.33 bits per heavy atom. The summed E-state index contributed by atoms with van der Waals surface area (Å²) in [5, 5.41) is 6.96. The van der Waals surface area contributed by atoms with Crippen LogP contribution in [0.15, 0.2) is 0 Å². The quantitative estimate of drug-likeness (QED) is 0.607. The zero-order chi connectivity index (χ0) is 11.8. The van der Waals surface area contributed by atoms with Crippen molar-refractivity contribution >= 4 is 0 Å². The Morgan fingerprint density at radius 1 is 0.800 bits per heavy atom. The highest BCUT2D eigenvalue weighted by molar-refractivity contribution is 4.69. The molecule has 2 heteroatoms. The summed E-state index contributed by atoms with van der Waals surface area (Å²) < 4.78 is 0. The van der Waals surface area contributed by atoms with E-state index < -0.39 is 0 Å². The van der Waals surface area contributed by atoms with E-state index in [2.05, 4.69) is 52.2 Å². The Hall–Kier alpha value is -0.0800. The first kappa shape index (κ1) is 14.9. The number of nitrogens with one attached hydrogen (secondary N) is 2. The van der Waals surface area contributed by atoms with Gasteiger partial charge in [-0.3, -0.25) is 0 Å². The Morgan fingerprint density at radius 3 is 1.73 bits per heavy atom. The Bertz CT molecular complexity index is 133. The average molecular weight is 214 g/mol. The van der Waals surface area contributed by atoms with Crippen molar-refractivity contribution < 1.29 is 0 Å². The van der Waals surface area contributed by atoms with Crippen LogP contribution >= 0.6 is 0 Å². The largest absolute Gasteiger partial charge is 0.315 e. The van der Waals surface area contributed by atoms with Crippen LogP contribution in [0.5, 0.6) is 0 Å². The van der Waals surface area contributed by atoms with E-state index >= 15 is 0 Å². The molecular formula is C13H30N2. The van der Waals surface area contributed by atoms with Crippen LogP contribution in [0.3, 0.4) is 0 Å². The molecule has 92 valence electrons. The summed E-state index contributed by atoms with van der Waals surface area (Å²) in [4.78, 5) is 0. The van der Waals surface area contributed by atoms with Crippen molar-refractivity contribution in [2.75, 3.05) is 19.6 Å². The van der Waals surface area contributed by atoms with Crippen LogP contribution in [0.4, 0.5) is 0 Å². The molecule has 0 aromatic carbocycles. The summed E-state index contributed by atoms with van der Waals surface area (Å²) in [6.45, 7) is 16.9. The number of hydrogen-bond donors (Lipinski definition) is 2. The SMILES string of the molecule is CC(C)NCCNCC(C(C)C)C(C)C. The highest BCUT2D eigenvalue weighted by atomic mass is 15.0. The van der Waals surface area contributed by atoms with E-state index in [9.17, 15) is 0 Å². The molecule has 0 fully saturated rings. The third-order valence-electron chi connectivity index (χ3n) is 2.95. The second-order valence-corrected chi connectivity index (χ2v) is 5.46. The highest BCUT2D eigenvalue weighted by Crippen LogP contribution is 2.19. The van der Waals surface area contributed by atoms with Gasteiger partial charge in [0.15, 0.2) is 0 Å². The van der Waals surface area contributed by atoms with Crippen LogP contribution in [-0.2, 0) is 0 Å². The Kier molecular flexibility index (Phi) is 8.07. The van der Waals surface area contributed by atoms with Crippen LogP contribution in [-0.4, -0.2) is 25.7 Å². The number of hydrogen-bond acceptors (Lipinski definition) is 2. The summed E-state index contributed by atoms with van der Waals surface area (Å²) in [5.41, 5.74) is 0. The van der Waals surface area contributed by atoms with Gasteiger partial charge in [0.05, 0.1) is 0 Å². The molecule has 0 aromatic rings. The molecule has 0 bridgehead atoms. The zero-order valence-corrected chi connectivity index (χ0v) is 11.4. The Balaban J connectivity index is 3.55.